The van der Waals surface area contributed by atoms with E-state index in [2.05, 4.69) is 20.8 Å². The summed E-state index contributed by atoms with van der Waals surface area (Å²) in [7, 11) is 0. The highest BCUT2D eigenvalue weighted by atomic mass is 19.1. The lowest BCUT2D eigenvalue weighted by molar-refractivity contribution is -0.117. The van der Waals surface area contributed by atoms with Crippen molar-refractivity contribution in [1.82, 2.24) is 14.8 Å². The highest BCUT2D eigenvalue weighted by Crippen LogP contribution is 2.16. The van der Waals surface area contributed by atoms with E-state index in [1.165, 1.54) is 35.2 Å². The van der Waals surface area contributed by atoms with Crippen LogP contribution in [-0.2, 0) is 4.79 Å². The second kappa shape index (κ2) is 4.72. The number of fused-ring (bicyclic) bond motifs is 1. The van der Waals surface area contributed by atoms with Crippen LogP contribution in [0.1, 0.15) is 11.2 Å². The van der Waals surface area contributed by atoms with Crippen molar-refractivity contribution in [3.63, 3.8) is 0 Å². The van der Waals surface area contributed by atoms with Crippen molar-refractivity contribution >= 4 is 23.5 Å². The Kier molecular flexibility index (Phi) is 2.90. The molecule has 0 fully saturated rings. The molecule has 0 aliphatic carbocycles. The zero-order chi connectivity index (χ0) is 14.1. The van der Waals surface area contributed by atoms with Gasteiger partial charge in [-0.05, 0) is 24.3 Å². The van der Waals surface area contributed by atoms with Gasteiger partial charge in [0.1, 0.15) is 18.2 Å². The SMILES string of the molecule is O=C(Nc1ccc(F)cc1)[C@H]1CC(=O)n2cnnc2N1. The molecule has 1 aromatic heterocycles. The van der Waals surface area contributed by atoms with Gasteiger partial charge in [0.05, 0.1) is 6.42 Å². The van der Waals surface area contributed by atoms with Crippen molar-refractivity contribution in [2.75, 3.05) is 10.6 Å². The average molecular weight is 275 g/mol. The molecule has 0 saturated carbocycles. The highest BCUT2D eigenvalue weighted by Gasteiger charge is 2.30. The van der Waals surface area contributed by atoms with Crippen LogP contribution >= 0.6 is 0 Å². The number of amides is 1. The number of carbonyl (C=O) groups excluding carboxylic acids is 2. The van der Waals surface area contributed by atoms with E-state index < -0.39 is 6.04 Å². The topological polar surface area (TPSA) is 88.9 Å². The van der Waals surface area contributed by atoms with Gasteiger partial charge in [0.15, 0.2) is 0 Å². The molecule has 1 aromatic carbocycles. The van der Waals surface area contributed by atoms with Gasteiger partial charge < -0.3 is 10.6 Å². The fourth-order valence-corrected chi connectivity index (χ4v) is 1.92. The van der Waals surface area contributed by atoms with Gasteiger partial charge in [-0.2, -0.15) is 0 Å². The summed E-state index contributed by atoms with van der Waals surface area (Å²) in [6.07, 6.45) is 1.29. The number of halogens is 1. The van der Waals surface area contributed by atoms with E-state index in [9.17, 15) is 14.0 Å². The Morgan fingerprint density at radius 2 is 2.15 bits per heavy atom. The van der Waals surface area contributed by atoms with E-state index in [0.717, 1.165) is 0 Å². The van der Waals surface area contributed by atoms with Crippen LogP contribution in [-0.4, -0.2) is 32.6 Å². The molecule has 102 valence electrons. The Morgan fingerprint density at radius 3 is 2.90 bits per heavy atom. The molecular weight excluding hydrogens is 265 g/mol. The van der Waals surface area contributed by atoms with E-state index in [1.807, 2.05) is 0 Å². The number of aromatic nitrogens is 3. The van der Waals surface area contributed by atoms with Crippen LogP contribution in [0.15, 0.2) is 30.6 Å². The third-order valence-corrected chi connectivity index (χ3v) is 2.93. The van der Waals surface area contributed by atoms with Crippen molar-refractivity contribution in [2.45, 2.75) is 12.5 Å². The van der Waals surface area contributed by atoms with Gasteiger partial charge in [0.2, 0.25) is 17.8 Å². The van der Waals surface area contributed by atoms with Gasteiger partial charge in [0, 0.05) is 5.69 Å². The van der Waals surface area contributed by atoms with Gasteiger partial charge in [-0.25, -0.2) is 8.96 Å². The molecule has 1 atom stereocenters. The third-order valence-electron chi connectivity index (χ3n) is 2.93. The summed E-state index contributed by atoms with van der Waals surface area (Å²) in [5.74, 6) is -0.801. The van der Waals surface area contributed by atoms with Crippen molar-refractivity contribution in [1.29, 1.82) is 0 Å². The average Bonchev–Trinajstić information content (AvgIpc) is 2.90. The fraction of sp³-hybridized carbons (Fsp3) is 0.167. The molecule has 3 rings (SSSR count). The van der Waals surface area contributed by atoms with Crippen LogP contribution in [0.25, 0.3) is 0 Å². The first-order valence-corrected chi connectivity index (χ1v) is 5.89. The summed E-state index contributed by atoms with van der Waals surface area (Å²) < 4.78 is 14.0. The first-order valence-electron chi connectivity index (χ1n) is 5.89. The normalized spacial score (nSPS) is 17.2. The van der Waals surface area contributed by atoms with Crippen molar-refractivity contribution in [2.24, 2.45) is 0 Å². The third kappa shape index (κ3) is 2.22. The molecule has 20 heavy (non-hydrogen) atoms. The number of nitrogens with one attached hydrogen (secondary N) is 2. The minimum atomic E-state index is -0.732. The van der Waals surface area contributed by atoms with Crippen molar-refractivity contribution < 1.29 is 14.0 Å². The zero-order valence-corrected chi connectivity index (χ0v) is 10.2. The van der Waals surface area contributed by atoms with Crippen molar-refractivity contribution in [3.05, 3.63) is 36.4 Å². The largest absolute Gasteiger partial charge is 0.342 e. The number of benzene rings is 1. The lowest BCUT2D eigenvalue weighted by Gasteiger charge is -2.22. The molecule has 1 amide bonds. The molecule has 0 bridgehead atoms. The Bertz CT molecular complexity index is 667. The first-order chi connectivity index (χ1) is 9.63. The molecule has 0 radical (unpaired) electrons. The molecule has 2 N–H and O–H groups in total. The minimum absolute atomic E-state index is 0.00192. The van der Waals surface area contributed by atoms with Gasteiger partial charge >= 0.3 is 0 Å². The zero-order valence-electron chi connectivity index (χ0n) is 10.2. The number of nitrogens with zero attached hydrogens (tertiary/aromatic N) is 3. The Hall–Kier alpha value is -2.77. The fourth-order valence-electron chi connectivity index (χ4n) is 1.92. The molecule has 2 heterocycles. The maximum atomic E-state index is 12.8. The van der Waals surface area contributed by atoms with E-state index in [1.54, 1.807) is 0 Å². The lowest BCUT2D eigenvalue weighted by Crippen LogP contribution is -2.42. The van der Waals surface area contributed by atoms with Gasteiger partial charge in [-0.1, -0.05) is 0 Å². The van der Waals surface area contributed by atoms with E-state index in [0.29, 0.717) is 5.69 Å². The van der Waals surface area contributed by atoms with E-state index >= 15 is 0 Å². The summed E-state index contributed by atoms with van der Waals surface area (Å²) in [6, 6.07) is 4.64. The lowest BCUT2D eigenvalue weighted by atomic mass is 10.1. The maximum Gasteiger partial charge on any atom is 0.247 e. The van der Waals surface area contributed by atoms with Crippen LogP contribution in [0.3, 0.4) is 0 Å². The smallest absolute Gasteiger partial charge is 0.247 e. The van der Waals surface area contributed by atoms with Crippen LogP contribution in [0.5, 0.6) is 0 Å². The summed E-state index contributed by atoms with van der Waals surface area (Å²) in [4.78, 5) is 23.8. The Morgan fingerprint density at radius 1 is 1.40 bits per heavy atom. The second-order valence-electron chi connectivity index (χ2n) is 4.32. The molecule has 7 nitrogen and oxygen atoms in total. The molecule has 1 aliphatic rings. The summed E-state index contributed by atoms with van der Waals surface area (Å²) in [5, 5.41) is 12.7. The number of carbonyl (C=O) groups is 2. The van der Waals surface area contributed by atoms with Crippen molar-refractivity contribution in [3.8, 4) is 0 Å². The molecule has 0 unspecified atom stereocenters. The van der Waals surface area contributed by atoms with Gasteiger partial charge in [-0.15, -0.1) is 10.2 Å². The maximum absolute atomic E-state index is 12.8. The summed E-state index contributed by atoms with van der Waals surface area (Å²) >= 11 is 0. The number of anilines is 2. The van der Waals surface area contributed by atoms with Gasteiger partial charge in [-0.3, -0.25) is 9.59 Å². The molecule has 0 saturated heterocycles. The molecule has 2 aromatic rings. The predicted molar refractivity (Wildman–Crippen MR) is 67.7 cm³/mol. The van der Waals surface area contributed by atoms with Crippen LogP contribution in [0.2, 0.25) is 0 Å². The standard InChI is InChI=1S/C12H10FN5O2/c13-7-1-3-8(4-2-7)15-11(20)9-5-10(19)18-6-14-17-12(18)16-9/h1-4,6,9H,5H2,(H,15,20)(H,16,17)/t9-/m1/s1. The first kappa shape index (κ1) is 12.3. The van der Waals surface area contributed by atoms with Crippen LogP contribution < -0.4 is 10.6 Å². The minimum Gasteiger partial charge on any atom is -0.342 e. The quantitative estimate of drug-likeness (QED) is 0.849. The highest BCUT2D eigenvalue weighted by molar-refractivity contribution is 6.01. The molecule has 8 heteroatoms. The second-order valence-corrected chi connectivity index (χ2v) is 4.32. The molecular formula is C12H10FN5O2. The van der Waals surface area contributed by atoms with Crippen LogP contribution in [0.4, 0.5) is 16.0 Å². The Labute approximate surface area is 112 Å². The number of hydrogen-bond acceptors (Lipinski definition) is 5. The van der Waals surface area contributed by atoms with Crippen LogP contribution in [0, 0.1) is 5.82 Å². The van der Waals surface area contributed by atoms with Gasteiger partial charge in [0.25, 0.3) is 0 Å². The number of hydrogen-bond donors (Lipinski definition) is 2. The number of rotatable bonds is 2. The Balaban J connectivity index is 1.73. The monoisotopic (exact) mass is 275 g/mol. The predicted octanol–water partition coefficient (Wildman–Crippen LogP) is 0.880. The van der Waals surface area contributed by atoms with E-state index in [-0.39, 0.29) is 30.0 Å². The summed E-state index contributed by atoms with van der Waals surface area (Å²) in [5.41, 5.74) is 0.456. The van der Waals surface area contributed by atoms with E-state index in [4.69, 9.17) is 0 Å². The molecule has 0 spiro atoms. The summed E-state index contributed by atoms with van der Waals surface area (Å²) in [6.45, 7) is 0. The molecule has 1 aliphatic heterocycles.